The maximum absolute atomic E-state index is 5.52. The van der Waals surface area contributed by atoms with Gasteiger partial charge in [-0.1, -0.05) is 19.1 Å². The summed E-state index contributed by atoms with van der Waals surface area (Å²) in [5.74, 6) is 0.964. The normalized spacial score (nSPS) is 18.5. The summed E-state index contributed by atoms with van der Waals surface area (Å²) in [5.41, 5.74) is 2.64. The molecule has 0 saturated heterocycles. The zero-order valence-corrected chi connectivity index (χ0v) is 9.36. The number of ether oxygens (including phenoxy) is 1. The van der Waals surface area contributed by atoms with Crippen molar-refractivity contribution in [2.24, 2.45) is 4.99 Å². The molecule has 0 aliphatic carbocycles. The van der Waals surface area contributed by atoms with Crippen LogP contribution in [0.2, 0.25) is 0 Å². The second-order valence-electron chi connectivity index (χ2n) is 3.97. The summed E-state index contributed by atoms with van der Waals surface area (Å²) in [4.78, 5) is 4.31. The van der Waals surface area contributed by atoms with Crippen molar-refractivity contribution >= 4 is 5.71 Å². The highest BCUT2D eigenvalue weighted by Crippen LogP contribution is 2.18. The fraction of sp³-hybridized carbons (Fsp3) is 0.462. The standard InChI is InChI=1S/C13H17NO/c1-3-8-15-12-6-4-11(5-7-12)9-13-10(2)14-13/h4-7,10H,3,8-9H2,1-2H3. The lowest BCUT2D eigenvalue weighted by Crippen LogP contribution is -1.98. The van der Waals surface area contributed by atoms with Crippen LogP contribution >= 0.6 is 0 Å². The van der Waals surface area contributed by atoms with Gasteiger partial charge in [0.2, 0.25) is 0 Å². The van der Waals surface area contributed by atoms with Crippen LogP contribution in [-0.2, 0) is 6.42 Å². The monoisotopic (exact) mass is 203 g/mol. The third-order valence-electron chi connectivity index (χ3n) is 2.56. The quantitative estimate of drug-likeness (QED) is 0.721. The Hall–Kier alpha value is -1.31. The Morgan fingerprint density at radius 2 is 1.93 bits per heavy atom. The minimum Gasteiger partial charge on any atom is -0.494 e. The molecule has 1 atom stereocenters. The third-order valence-corrected chi connectivity index (χ3v) is 2.56. The minimum absolute atomic E-state index is 0.487. The summed E-state index contributed by atoms with van der Waals surface area (Å²) in [5, 5.41) is 0. The van der Waals surface area contributed by atoms with Crippen molar-refractivity contribution in [3.63, 3.8) is 0 Å². The molecule has 0 spiro atoms. The highest BCUT2D eigenvalue weighted by Gasteiger charge is 2.21. The molecule has 80 valence electrons. The molecule has 1 aromatic rings. The maximum Gasteiger partial charge on any atom is 0.119 e. The average Bonchev–Trinajstić information content (AvgIpc) is 2.93. The first kappa shape index (κ1) is 10.2. The molecule has 0 amide bonds. The van der Waals surface area contributed by atoms with Crippen LogP contribution in [0.4, 0.5) is 0 Å². The van der Waals surface area contributed by atoms with Crippen molar-refractivity contribution in [1.29, 1.82) is 0 Å². The Balaban J connectivity index is 1.89. The largest absolute Gasteiger partial charge is 0.494 e. The van der Waals surface area contributed by atoms with Gasteiger partial charge in [-0.25, -0.2) is 0 Å². The molecular weight excluding hydrogens is 186 g/mol. The van der Waals surface area contributed by atoms with Crippen molar-refractivity contribution in [1.82, 2.24) is 0 Å². The number of aliphatic imine (C=N–C) groups is 1. The van der Waals surface area contributed by atoms with E-state index < -0.39 is 0 Å². The highest BCUT2D eigenvalue weighted by atomic mass is 16.5. The fourth-order valence-corrected chi connectivity index (χ4v) is 1.54. The molecule has 1 unspecified atom stereocenters. The Labute approximate surface area is 91.0 Å². The van der Waals surface area contributed by atoms with Gasteiger partial charge in [-0.15, -0.1) is 0 Å². The van der Waals surface area contributed by atoms with Gasteiger partial charge in [0.05, 0.1) is 12.6 Å². The van der Waals surface area contributed by atoms with Gasteiger partial charge in [0, 0.05) is 12.1 Å². The van der Waals surface area contributed by atoms with Crippen LogP contribution in [-0.4, -0.2) is 18.4 Å². The van der Waals surface area contributed by atoms with E-state index in [1.54, 1.807) is 0 Å². The van der Waals surface area contributed by atoms with Crippen LogP contribution in [0.3, 0.4) is 0 Å². The van der Waals surface area contributed by atoms with Crippen molar-refractivity contribution < 1.29 is 4.74 Å². The van der Waals surface area contributed by atoms with Crippen LogP contribution < -0.4 is 4.74 Å². The maximum atomic E-state index is 5.52. The topological polar surface area (TPSA) is 21.6 Å². The molecule has 0 radical (unpaired) electrons. The molecule has 15 heavy (non-hydrogen) atoms. The van der Waals surface area contributed by atoms with Crippen LogP contribution in [0.5, 0.6) is 5.75 Å². The SMILES string of the molecule is CCCOc1ccc(CC2=NC2C)cc1. The Bertz CT molecular complexity index is 353. The zero-order valence-electron chi connectivity index (χ0n) is 9.36. The smallest absolute Gasteiger partial charge is 0.119 e. The number of rotatable bonds is 5. The van der Waals surface area contributed by atoms with E-state index in [1.165, 1.54) is 11.3 Å². The predicted octanol–water partition coefficient (Wildman–Crippen LogP) is 2.86. The van der Waals surface area contributed by atoms with Gasteiger partial charge in [0.25, 0.3) is 0 Å². The summed E-state index contributed by atoms with van der Waals surface area (Å²) in [6, 6.07) is 8.81. The number of nitrogens with zero attached hydrogens (tertiary/aromatic N) is 1. The van der Waals surface area contributed by atoms with E-state index in [9.17, 15) is 0 Å². The van der Waals surface area contributed by atoms with E-state index in [1.807, 2.05) is 12.1 Å². The lowest BCUT2D eigenvalue weighted by molar-refractivity contribution is 0.317. The van der Waals surface area contributed by atoms with Crippen molar-refractivity contribution in [2.75, 3.05) is 6.61 Å². The fourth-order valence-electron chi connectivity index (χ4n) is 1.54. The second-order valence-corrected chi connectivity index (χ2v) is 3.97. The predicted molar refractivity (Wildman–Crippen MR) is 62.8 cm³/mol. The summed E-state index contributed by atoms with van der Waals surface area (Å²) >= 11 is 0. The van der Waals surface area contributed by atoms with Gasteiger partial charge >= 0.3 is 0 Å². The number of hydrogen-bond donors (Lipinski definition) is 0. The van der Waals surface area contributed by atoms with Crippen molar-refractivity contribution in [2.45, 2.75) is 32.7 Å². The van der Waals surface area contributed by atoms with Gasteiger partial charge in [0.1, 0.15) is 5.75 Å². The van der Waals surface area contributed by atoms with Crippen LogP contribution in [0, 0.1) is 0 Å². The molecule has 0 N–H and O–H groups in total. The first-order chi connectivity index (χ1) is 7.29. The molecule has 1 aromatic carbocycles. The molecule has 2 rings (SSSR count). The first-order valence-electron chi connectivity index (χ1n) is 5.58. The summed E-state index contributed by atoms with van der Waals surface area (Å²) in [7, 11) is 0. The number of hydrogen-bond acceptors (Lipinski definition) is 2. The molecule has 1 aliphatic heterocycles. The number of benzene rings is 1. The molecule has 0 saturated carbocycles. The molecule has 1 aliphatic rings. The van der Waals surface area contributed by atoms with E-state index in [0.717, 1.165) is 25.2 Å². The van der Waals surface area contributed by atoms with Gasteiger partial charge < -0.3 is 4.74 Å². The second kappa shape index (κ2) is 4.47. The van der Waals surface area contributed by atoms with Gasteiger partial charge in [0.15, 0.2) is 0 Å². The summed E-state index contributed by atoms with van der Waals surface area (Å²) < 4.78 is 5.52. The first-order valence-corrected chi connectivity index (χ1v) is 5.58. The van der Waals surface area contributed by atoms with Crippen LogP contribution in [0.25, 0.3) is 0 Å². The van der Waals surface area contributed by atoms with Crippen LogP contribution in [0.15, 0.2) is 29.3 Å². The van der Waals surface area contributed by atoms with E-state index in [0.29, 0.717) is 6.04 Å². The zero-order chi connectivity index (χ0) is 10.7. The van der Waals surface area contributed by atoms with E-state index >= 15 is 0 Å². The minimum atomic E-state index is 0.487. The van der Waals surface area contributed by atoms with Gasteiger partial charge in [-0.3, -0.25) is 4.99 Å². The molecule has 1 heterocycles. The van der Waals surface area contributed by atoms with E-state index in [-0.39, 0.29) is 0 Å². The Morgan fingerprint density at radius 1 is 1.27 bits per heavy atom. The Morgan fingerprint density at radius 3 is 2.47 bits per heavy atom. The third kappa shape index (κ3) is 2.82. The Kier molecular flexibility index (Phi) is 3.05. The summed E-state index contributed by atoms with van der Waals surface area (Å²) in [6.07, 6.45) is 2.05. The van der Waals surface area contributed by atoms with E-state index in [2.05, 4.69) is 31.0 Å². The molecule has 2 heteroatoms. The summed E-state index contributed by atoms with van der Waals surface area (Å²) in [6.45, 7) is 5.04. The van der Waals surface area contributed by atoms with Gasteiger partial charge in [-0.05, 0) is 31.0 Å². The molecule has 0 bridgehead atoms. The highest BCUT2D eigenvalue weighted by molar-refractivity contribution is 6.01. The van der Waals surface area contributed by atoms with E-state index in [4.69, 9.17) is 4.74 Å². The lowest BCUT2D eigenvalue weighted by atomic mass is 10.1. The van der Waals surface area contributed by atoms with Gasteiger partial charge in [-0.2, -0.15) is 0 Å². The lowest BCUT2D eigenvalue weighted by Gasteiger charge is -2.04. The molecule has 2 nitrogen and oxygen atoms in total. The molecule has 0 fully saturated rings. The average molecular weight is 203 g/mol. The molecular formula is C13H17NO. The van der Waals surface area contributed by atoms with Crippen LogP contribution in [0.1, 0.15) is 25.8 Å². The molecule has 0 aromatic heterocycles. The van der Waals surface area contributed by atoms with Crippen molar-refractivity contribution in [3.8, 4) is 5.75 Å². The van der Waals surface area contributed by atoms with Crippen molar-refractivity contribution in [3.05, 3.63) is 29.8 Å².